The number of alkyl halides is 9. The molecule has 0 fully saturated rings. The van der Waals surface area contributed by atoms with Crippen molar-refractivity contribution < 1.29 is 71.5 Å². The van der Waals surface area contributed by atoms with E-state index in [1.54, 1.807) is 0 Å². The number of halogens is 9. The molecule has 0 bridgehead atoms. The van der Waals surface area contributed by atoms with Gasteiger partial charge in [-0.2, -0.15) is 35.1 Å². The third-order valence-electron chi connectivity index (χ3n) is 2.67. The van der Waals surface area contributed by atoms with Gasteiger partial charge in [0, 0.05) is 0 Å². The van der Waals surface area contributed by atoms with Crippen LogP contribution in [0.2, 0.25) is 0 Å². The van der Waals surface area contributed by atoms with E-state index in [4.69, 9.17) is 0 Å². The maximum absolute atomic E-state index is 13.7. The van der Waals surface area contributed by atoms with Gasteiger partial charge in [0.1, 0.15) is 11.0 Å². The Kier molecular flexibility index (Phi) is 9.66. The minimum atomic E-state index is -7.07. The Bertz CT molecular complexity index is 786. The summed E-state index contributed by atoms with van der Waals surface area (Å²) in [5.74, 6) is -3.61. The van der Waals surface area contributed by atoms with Crippen molar-refractivity contribution in [1.82, 2.24) is 4.13 Å². The van der Waals surface area contributed by atoms with Crippen LogP contribution in [0, 0.1) is 0 Å². The predicted octanol–water partition coefficient (Wildman–Crippen LogP) is 1.69. The van der Waals surface area contributed by atoms with E-state index in [1.807, 2.05) is 4.74 Å². The SMILES string of the molecule is CCOC(=O)C(C(=O)OCC)S(=O)NS(=O)(=O)C(F)(F)C(F)(F)OC(F)(F)C(F)(F)Cl. The lowest BCUT2D eigenvalue weighted by atomic mass is 10.4. The molecule has 0 saturated carbocycles. The fourth-order valence-electron chi connectivity index (χ4n) is 1.35. The molecule has 31 heavy (non-hydrogen) atoms. The molecule has 0 saturated heterocycles. The maximum atomic E-state index is 13.7. The molecular weight excluding hydrogens is 526 g/mol. The Hall–Kier alpha value is -1.31. The number of hydrogen-bond donors (Lipinski definition) is 1. The van der Waals surface area contributed by atoms with Crippen molar-refractivity contribution in [3.8, 4) is 0 Å². The van der Waals surface area contributed by atoms with Crippen LogP contribution in [0.25, 0.3) is 0 Å². The van der Waals surface area contributed by atoms with Gasteiger partial charge >= 0.3 is 34.8 Å². The van der Waals surface area contributed by atoms with Crippen molar-refractivity contribution in [2.75, 3.05) is 13.2 Å². The van der Waals surface area contributed by atoms with Gasteiger partial charge in [0.15, 0.2) is 0 Å². The average Bonchev–Trinajstić information content (AvgIpc) is 2.52. The van der Waals surface area contributed by atoms with Gasteiger partial charge in [-0.1, -0.05) is 0 Å². The summed E-state index contributed by atoms with van der Waals surface area (Å²) in [6, 6.07) is 0. The number of nitrogens with one attached hydrogen (secondary N) is 1. The van der Waals surface area contributed by atoms with Crippen LogP contribution >= 0.6 is 11.6 Å². The van der Waals surface area contributed by atoms with Crippen LogP contribution < -0.4 is 4.13 Å². The quantitative estimate of drug-likeness (QED) is 0.173. The molecule has 0 aromatic heterocycles. The van der Waals surface area contributed by atoms with Gasteiger partial charge in [-0.3, -0.25) is 9.59 Å². The lowest BCUT2D eigenvalue weighted by Gasteiger charge is -2.30. The Morgan fingerprint density at radius 2 is 1.32 bits per heavy atom. The van der Waals surface area contributed by atoms with Crippen molar-refractivity contribution in [2.24, 2.45) is 0 Å². The van der Waals surface area contributed by atoms with Crippen molar-refractivity contribution in [3.05, 3.63) is 0 Å². The monoisotopic (exact) mass is 537 g/mol. The number of sulfonamides is 1. The van der Waals surface area contributed by atoms with E-state index in [2.05, 4.69) is 21.1 Å². The van der Waals surface area contributed by atoms with Gasteiger partial charge in [0.2, 0.25) is 5.25 Å². The fraction of sp³-hybridized carbons (Fsp3) is 0.818. The molecule has 0 rings (SSSR count). The highest BCUT2D eigenvalue weighted by atomic mass is 35.5. The van der Waals surface area contributed by atoms with Gasteiger partial charge < -0.3 is 9.47 Å². The third-order valence-corrected chi connectivity index (χ3v) is 6.15. The van der Waals surface area contributed by atoms with Crippen molar-refractivity contribution in [3.63, 3.8) is 0 Å². The van der Waals surface area contributed by atoms with Gasteiger partial charge in [-0.25, -0.2) is 17.4 Å². The van der Waals surface area contributed by atoms with E-state index in [-0.39, 0.29) is 4.13 Å². The summed E-state index contributed by atoms with van der Waals surface area (Å²) in [6.45, 7) is 1.27. The smallest absolute Gasteiger partial charge is 0.449 e. The highest BCUT2D eigenvalue weighted by molar-refractivity contribution is 8.03. The van der Waals surface area contributed by atoms with Gasteiger partial charge in [0.05, 0.1) is 13.2 Å². The predicted molar refractivity (Wildman–Crippen MR) is 84.0 cm³/mol. The highest BCUT2D eigenvalue weighted by Crippen LogP contribution is 2.47. The molecule has 0 heterocycles. The molecule has 20 heteroatoms. The van der Waals surface area contributed by atoms with Crippen LogP contribution in [0.4, 0.5) is 35.1 Å². The minimum absolute atomic E-state index is 0.273. The first kappa shape index (κ1) is 29.7. The summed E-state index contributed by atoms with van der Waals surface area (Å²) in [4.78, 5) is 23.2. The second kappa shape index (κ2) is 10.1. The number of carbonyl (C=O) groups excluding carboxylic acids is 2. The number of rotatable bonds is 12. The first-order valence-electron chi connectivity index (χ1n) is 7.34. The molecular formula is C11H12ClF8NO8S2. The summed E-state index contributed by atoms with van der Waals surface area (Å²) < 4.78 is 150. The second-order valence-corrected chi connectivity index (χ2v) is 8.65. The summed E-state index contributed by atoms with van der Waals surface area (Å²) >= 11 is 3.75. The summed E-state index contributed by atoms with van der Waals surface area (Å²) in [7, 11) is -10.9. The normalized spacial score (nSPS) is 15.0. The van der Waals surface area contributed by atoms with E-state index >= 15 is 0 Å². The summed E-state index contributed by atoms with van der Waals surface area (Å²) in [6.07, 6.45) is -13.4. The molecule has 0 spiro atoms. The van der Waals surface area contributed by atoms with E-state index in [1.165, 1.54) is 0 Å². The molecule has 0 aliphatic rings. The zero-order valence-corrected chi connectivity index (χ0v) is 17.4. The van der Waals surface area contributed by atoms with E-state index in [0.29, 0.717) is 0 Å². The van der Waals surface area contributed by atoms with E-state index < -0.39 is 74.3 Å². The highest BCUT2D eigenvalue weighted by Gasteiger charge is 2.74. The average molecular weight is 538 g/mol. The van der Waals surface area contributed by atoms with Gasteiger partial charge in [-0.05, 0) is 25.4 Å². The first-order valence-corrected chi connectivity index (χ1v) is 10.4. The molecule has 1 N–H and O–H groups in total. The Morgan fingerprint density at radius 3 is 1.65 bits per heavy atom. The van der Waals surface area contributed by atoms with Crippen molar-refractivity contribution >= 4 is 44.5 Å². The second-order valence-electron chi connectivity index (χ2n) is 4.92. The van der Waals surface area contributed by atoms with Gasteiger partial charge in [-0.15, -0.1) is 4.13 Å². The van der Waals surface area contributed by atoms with Crippen LogP contribution in [0.1, 0.15) is 13.8 Å². The standard InChI is InChI=1S/C11H12ClF8NO8S2/c1-3-27-6(22)5(7(23)28-4-2)30(24)21-31(25,26)11(19,20)10(17,18)29-9(15,16)8(12,13)14/h5,21H,3-4H2,1-2H3. The van der Waals surface area contributed by atoms with E-state index in [9.17, 15) is 57.3 Å². The van der Waals surface area contributed by atoms with Crippen LogP contribution in [-0.4, -0.2) is 65.9 Å². The van der Waals surface area contributed by atoms with Crippen molar-refractivity contribution in [2.45, 2.75) is 42.0 Å². The molecule has 9 nitrogen and oxygen atoms in total. The maximum Gasteiger partial charge on any atom is 0.449 e. The zero-order valence-electron chi connectivity index (χ0n) is 15.0. The molecule has 0 aromatic carbocycles. The third kappa shape index (κ3) is 6.83. The zero-order chi connectivity index (χ0) is 25.1. The van der Waals surface area contributed by atoms with Crippen LogP contribution in [-0.2, 0) is 44.8 Å². The number of hydrogen-bond acceptors (Lipinski definition) is 8. The minimum Gasteiger partial charge on any atom is -0.465 e. The van der Waals surface area contributed by atoms with Crippen LogP contribution in [0.3, 0.4) is 0 Å². The molecule has 0 aromatic rings. The molecule has 1 unspecified atom stereocenters. The fourth-order valence-corrected chi connectivity index (χ4v) is 3.90. The summed E-state index contributed by atoms with van der Waals surface area (Å²) in [5.41, 5.74) is 0. The van der Waals surface area contributed by atoms with Gasteiger partial charge in [0.25, 0.3) is 10.0 Å². The lowest BCUT2D eigenvalue weighted by molar-refractivity contribution is -0.442. The summed E-state index contributed by atoms with van der Waals surface area (Å²) in [5, 5.41) is -15.6. The molecule has 1 atom stereocenters. The number of carbonyl (C=O) groups is 2. The Morgan fingerprint density at radius 1 is 0.935 bits per heavy atom. The molecule has 0 amide bonds. The number of ether oxygens (including phenoxy) is 3. The van der Waals surface area contributed by atoms with E-state index in [0.717, 1.165) is 13.8 Å². The molecule has 0 radical (unpaired) electrons. The Balaban J connectivity index is 5.98. The molecule has 0 aliphatic heterocycles. The molecule has 0 aliphatic carbocycles. The van der Waals surface area contributed by atoms with Crippen LogP contribution in [0.15, 0.2) is 0 Å². The first-order chi connectivity index (χ1) is 13.7. The van der Waals surface area contributed by atoms with Crippen molar-refractivity contribution in [1.29, 1.82) is 0 Å². The molecule has 184 valence electrons. The lowest BCUT2D eigenvalue weighted by Crippen LogP contribution is -2.58. The Labute approximate surface area is 176 Å². The largest absolute Gasteiger partial charge is 0.465 e. The topological polar surface area (TPSA) is 125 Å². The van der Waals surface area contributed by atoms with Crippen LogP contribution in [0.5, 0.6) is 0 Å². The number of esters is 2.